The number of nitrogens with two attached hydrogens (primary N) is 1. The van der Waals surface area contributed by atoms with Crippen LogP contribution in [0.1, 0.15) is 15.9 Å². The fourth-order valence-electron chi connectivity index (χ4n) is 3.49. The van der Waals surface area contributed by atoms with Gasteiger partial charge in [0, 0.05) is 14.1 Å². The molecule has 9 nitrogen and oxygen atoms in total. The van der Waals surface area contributed by atoms with Crippen molar-refractivity contribution in [1.29, 1.82) is 0 Å². The molecular weight excluding hydrogens is 442 g/mol. The van der Waals surface area contributed by atoms with Crippen molar-refractivity contribution in [3.63, 3.8) is 0 Å². The number of benzene rings is 2. The van der Waals surface area contributed by atoms with Gasteiger partial charge in [-0.05, 0) is 17.7 Å². The van der Waals surface area contributed by atoms with Crippen LogP contribution in [0.15, 0.2) is 74.1 Å². The number of carbonyl (C=O) groups is 1. The highest BCUT2D eigenvalue weighted by molar-refractivity contribution is 7.99. The monoisotopic (exact) mass is 463 g/mol. The first-order valence-electron chi connectivity index (χ1n) is 10.0. The van der Waals surface area contributed by atoms with Crippen molar-refractivity contribution >= 4 is 34.3 Å². The summed E-state index contributed by atoms with van der Waals surface area (Å²) in [5.74, 6) is -0.915. The van der Waals surface area contributed by atoms with E-state index in [1.54, 1.807) is 31.3 Å². The van der Waals surface area contributed by atoms with E-state index in [2.05, 4.69) is 4.98 Å². The van der Waals surface area contributed by atoms with E-state index in [1.807, 2.05) is 30.3 Å². The molecule has 2 aromatic carbocycles. The zero-order valence-electron chi connectivity index (χ0n) is 18.0. The lowest BCUT2D eigenvalue weighted by molar-refractivity contribution is 0.102. The maximum absolute atomic E-state index is 13.0. The second-order valence-corrected chi connectivity index (χ2v) is 8.41. The summed E-state index contributed by atoms with van der Waals surface area (Å²) in [6.07, 6.45) is 0. The van der Waals surface area contributed by atoms with Gasteiger partial charge in [-0.25, -0.2) is 9.78 Å². The molecule has 168 valence electrons. The Hall–Kier alpha value is -3.92. The number of thioether (sulfide) groups is 1. The zero-order valence-corrected chi connectivity index (χ0v) is 18.8. The number of Topliss-reactive ketones (excluding diaryl/α,β-unsaturated/α-hetero) is 1. The van der Waals surface area contributed by atoms with Crippen LogP contribution in [0.25, 0.3) is 10.9 Å². The second kappa shape index (κ2) is 8.91. The number of rotatable bonds is 6. The van der Waals surface area contributed by atoms with Gasteiger partial charge in [0.05, 0.1) is 23.2 Å². The summed E-state index contributed by atoms with van der Waals surface area (Å²) in [6.45, 7) is 0.119. The Morgan fingerprint density at radius 1 is 0.939 bits per heavy atom. The van der Waals surface area contributed by atoms with E-state index >= 15 is 0 Å². The normalized spacial score (nSPS) is 11.1. The van der Waals surface area contributed by atoms with Crippen LogP contribution in [0.5, 0.6) is 0 Å². The van der Waals surface area contributed by atoms with Crippen LogP contribution >= 0.6 is 11.8 Å². The molecule has 0 spiro atoms. The Morgan fingerprint density at radius 3 is 2.33 bits per heavy atom. The van der Waals surface area contributed by atoms with Crippen molar-refractivity contribution in [3.05, 3.63) is 96.9 Å². The standard InChI is InChI=1S/C23H21N5O4S/c1-26-20(30)15-10-6-7-11-16(15)25-22(26)33-13-17(29)18-19(24)28(23(32)27(2)21(18)31)12-14-8-4-3-5-9-14/h3-11H,12-13,24H2,1-2H3. The van der Waals surface area contributed by atoms with E-state index in [1.165, 1.54) is 16.2 Å². The number of carbonyl (C=O) groups excluding carboxylic acids is 1. The summed E-state index contributed by atoms with van der Waals surface area (Å²) < 4.78 is 3.44. The summed E-state index contributed by atoms with van der Waals surface area (Å²) in [7, 11) is 2.88. The van der Waals surface area contributed by atoms with E-state index in [9.17, 15) is 19.2 Å². The predicted octanol–water partition coefficient (Wildman–Crippen LogP) is 1.40. The molecule has 0 aliphatic carbocycles. The molecule has 0 fully saturated rings. The molecule has 33 heavy (non-hydrogen) atoms. The van der Waals surface area contributed by atoms with Crippen LogP contribution < -0.4 is 22.5 Å². The van der Waals surface area contributed by atoms with Gasteiger partial charge in [0.2, 0.25) is 0 Å². The topological polar surface area (TPSA) is 122 Å². The smallest absolute Gasteiger partial charge is 0.332 e. The number of aromatic nitrogens is 4. The van der Waals surface area contributed by atoms with Gasteiger partial charge in [-0.2, -0.15) is 0 Å². The minimum Gasteiger partial charge on any atom is -0.384 e. The molecule has 0 saturated heterocycles. The lowest BCUT2D eigenvalue weighted by Gasteiger charge is -2.15. The van der Waals surface area contributed by atoms with Crippen molar-refractivity contribution in [1.82, 2.24) is 18.7 Å². The van der Waals surface area contributed by atoms with Gasteiger partial charge < -0.3 is 5.73 Å². The summed E-state index contributed by atoms with van der Waals surface area (Å²) in [6, 6.07) is 16.1. The number of para-hydroxylation sites is 1. The number of hydrogen-bond acceptors (Lipinski definition) is 7. The van der Waals surface area contributed by atoms with Gasteiger partial charge in [0.25, 0.3) is 11.1 Å². The molecule has 0 aliphatic heterocycles. The van der Waals surface area contributed by atoms with Gasteiger partial charge in [0.15, 0.2) is 10.9 Å². The van der Waals surface area contributed by atoms with Crippen molar-refractivity contribution in [2.24, 2.45) is 14.1 Å². The molecule has 4 aromatic rings. The summed E-state index contributed by atoms with van der Waals surface area (Å²) in [4.78, 5) is 55.5. The number of ketones is 1. The molecule has 2 N–H and O–H groups in total. The molecule has 0 atom stereocenters. The summed E-state index contributed by atoms with van der Waals surface area (Å²) in [5, 5.41) is 0.807. The third-order valence-electron chi connectivity index (χ3n) is 5.32. The summed E-state index contributed by atoms with van der Waals surface area (Å²) >= 11 is 1.03. The highest BCUT2D eigenvalue weighted by Gasteiger charge is 2.22. The minimum absolute atomic E-state index is 0.119. The molecule has 0 unspecified atom stereocenters. The quantitative estimate of drug-likeness (QED) is 0.261. The third kappa shape index (κ3) is 4.12. The van der Waals surface area contributed by atoms with E-state index < -0.39 is 17.0 Å². The van der Waals surface area contributed by atoms with Crippen LogP contribution in [0.2, 0.25) is 0 Å². The van der Waals surface area contributed by atoms with Crippen LogP contribution in [0, 0.1) is 0 Å². The SMILES string of the molecule is Cn1c(SCC(=O)c2c(N)n(Cc3ccccc3)c(=O)n(C)c2=O)nc2ccccc2c1=O. The third-order valence-corrected chi connectivity index (χ3v) is 6.35. The average Bonchev–Trinajstić information content (AvgIpc) is 2.82. The zero-order chi connectivity index (χ0) is 23.7. The predicted molar refractivity (Wildman–Crippen MR) is 128 cm³/mol. The first-order valence-corrected chi connectivity index (χ1v) is 11.0. The van der Waals surface area contributed by atoms with E-state index in [0.29, 0.717) is 16.1 Å². The minimum atomic E-state index is -0.757. The number of fused-ring (bicyclic) bond motifs is 1. The van der Waals surface area contributed by atoms with Crippen molar-refractivity contribution in [2.45, 2.75) is 11.7 Å². The lowest BCUT2D eigenvalue weighted by Crippen LogP contribution is -2.43. The molecular formula is C23H21N5O4S. The number of nitrogens with zero attached hydrogens (tertiary/aromatic N) is 4. The van der Waals surface area contributed by atoms with Crippen LogP contribution in [0.3, 0.4) is 0 Å². The Kier molecular flexibility index (Phi) is 6.01. The fourth-order valence-corrected chi connectivity index (χ4v) is 4.34. The lowest BCUT2D eigenvalue weighted by atomic mass is 10.2. The first-order chi connectivity index (χ1) is 15.8. The molecule has 0 saturated carbocycles. The number of nitrogen functional groups attached to an aromatic ring is 1. The molecule has 0 amide bonds. The second-order valence-electron chi connectivity index (χ2n) is 7.47. The maximum Gasteiger partial charge on any atom is 0.332 e. The van der Waals surface area contributed by atoms with Gasteiger partial charge in [-0.3, -0.25) is 28.1 Å². The molecule has 0 radical (unpaired) electrons. The molecule has 0 aliphatic rings. The molecule has 10 heteroatoms. The van der Waals surface area contributed by atoms with Gasteiger partial charge in [-0.15, -0.1) is 0 Å². The highest BCUT2D eigenvalue weighted by Crippen LogP contribution is 2.19. The molecule has 4 rings (SSSR count). The Bertz CT molecular complexity index is 1550. The average molecular weight is 464 g/mol. The maximum atomic E-state index is 13.0. The molecule has 2 aromatic heterocycles. The fraction of sp³-hybridized carbons (Fsp3) is 0.174. The van der Waals surface area contributed by atoms with E-state index in [4.69, 9.17) is 5.73 Å². The van der Waals surface area contributed by atoms with Gasteiger partial charge in [0.1, 0.15) is 11.4 Å². The van der Waals surface area contributed by atoms with Gasteiger partial charge in [-0.1, -0.05) is 54.2 Å². The summed E-state index contributed by atoms with van der Waals surface area (Å²) in [5.41, 5.74) is 5.61. The first kappa shape index (κ1) is 22.3. The highest BCUT2D eigenvalue weighted by atomic mass is 32.2. The van der Waals surface area contributed by atoms with Crippen molar-refractivity contribution in [3.8, 4) is 0 Å². The molecule has 0 bridgehead atoms. The van der Waals surface area contributed by atoms with Crippen molar-refractivity contribution < 1.29 is 4.79 Å². The van der Waals surface area contributed by atoms with E-state index in [0.717, 1.165) is 21.9 Å². The van der Waals surface area contributed by atoms with Crippen LogP contribution in [-0.4, -0.2) is 30.2 Å². The molecule has 2 heterocycles. The van der Waals surface area contributed by atoms with Crippen LogP contribution in [0.4, 0.5) is 5.82 Å². The van der Waals surface area contributed by atoms with Gasteiger partial charge >= 0.3 is 5.69 Å². The van der Waals surface area contributed by atoms with E-state index in [-0.39, 0.29) is 29.2 Å². The Labute approximate surface area is 192 Å². The van der Waals surface area contributed by atoms with Crippen LogP contribution in [-0.2, 0) is 20.6 Å². The number of hydrogen-bond donors (Lipinski definition) is 1. The van der Waals surface area contributed by atoms with Crippen molar-refractivity contribution in [2.75, 3.05) is 11.5 Å². The Balaban J connectivity index is 1.68. The largest absolute Gasteiger partial charge is 0.384 e. The number of anilines is 1. The Morgan fingerprint density at radius 2 is 1.61 bits per heavy atom.